The number of amides is 1. The number of aromatic nitrogens is 1. The van der Waals surface area contributed by atoms with Crippen molar-refractivity contribution in [3.63, 3.8) is 0 Å². The number of benzene rings is 1. The van der Waals surface area contributed by atoms with Gasteiger partial charge in [0.05, 0.1) is 0 Å². The average molecular weight is 420 g/mol. The first-order valence-corrected chi connectivity index (χ1v) is 11.7. The summed E-state index contributed by atoms with van der Waals surface area (Å²) >= 11 is 3.24. The van der Waals surface area contributed by atoms with Crippen molar-refractivity contribution in [1.29, 1.82) is 0 Å². The van der Waals surface area contributed by atoms with Gasteiger partial charge in [0.25, 0.3) is 5.91 Å². The van der Waals surface area contributed by atoms with Gasteiger partial charge in [0.1, 0.15) is 16.7 Å². The molecule has 1 N–H and O–H groups in total. The summed E-state index contributed by atoms with van der Waals surface area (Å²) in [6, 6.07) is 14.4. The normalized spacial score (nSPS) is 11.9. The second kappa shape index (κ2) is 9.25. The van der Waals surface area contributed by atoms with Crippen LogP contribution in [0.1, 0.15) is 25.8 Å². The summed E-state index contributed by atoms with van der Waals surface area (Å²) in [4.78, 5) is 21.1. The maximum absolute atomic E-state index is 12.2. The summed E-state index contributed by atoms with van der Waals surface area (Å²) in [7, 11) is -1.41. The number of rotatable bonds is 8. The molecule has 0 spiro atoms. The van der Waals surface area contributed by atoms with Crippen LogP contribution in [0.5, 0.6) is 0 Å². The van der Waals surface area contributed by atoms with Gasteiger partial charge in [0.2, 0.25) is 0 Å². The molecule has 27 heavy (non-hydrogen) atoms. The molecule has 1 unspecified atom stereocenters. The Hall–Kier alpha value is -2.03. The molecule has 5 nitrogen and oxygen atoms in total. The van der Waals surface area contributed by atoms with E-state index < -0.39 is 16.9 Å². The molecule has 0 fully saturated rings. The van der Waals surface area contributed by atoms with E-state index in [1.165, 1.54) is 28.0 Å². The van der Waals surface area contributed by atoms with Crippen molar-refractivity contribution in [2.45, 2.75) is 19.9 Å². The SMILES string of the molecule is Cc1sc(N(CCc2cccs2)Cc2ccccc2)nc1C(=O)NS(C)=O. The summed E-state index contributed by atoms with van der Waals surface area (Å²) in [5.74, 6) is -0.395. The van der Waals surface area contributed by atoms with E-state index in [-0.39, 0.29) is 0 Å². The molecular weight excluding hydrogens is 398 g/mol. The summed E-state index contributed by atoms with van der Waals surface area (Å²) in [5.41, 5.74) is 1.54. The molecule has 142 valence electrons. The number of carbonyl (C=O) groups excluding carboxylic acids is 1. The third-order valence-electron chi connectivity index (χ3n) is 3.93. The van der Waals surface area contributed by atoms with Gasteiger partial charge >= 0.3 is 0 Å². The van der Waals surface area contributed by atoms with E-state index in [0.29, 0.717) is 5.69 Å². The van der Waals surface area contributed by atoms with E-state index in [1.807, 2.05) is 25.1 Å². The zero-order valence-corrected chi connectivity index (χ0v) is 17.6. The number of thiazole rings is 1. The van der Waals surface area contributed by atoms with E-state index in [0.717, 1.165) is 29.5 Å². The number of nitrogens with zero attached hydrogens (tertiary/aromatic N) is 2. The van der Waals surface area contributed by atoms with Gasteiger partial charge in [-0.05, 0) is 30.4 Å². The Morgan fingerprint density at radius 3 is 2.67 bits per heavy atom. The molecule has 0 bridgehead atoms. The Morgan fingerprint density at radius 1 is 1.22 bits per heavy atom. The smallest absolute Gasteiger partial charge is 0.282 e. The number of aryl methyl sites for hydroxylation is 1. The Bertz CT molecular complexity index is 908. The summed E-state index contributed by atoms with van der Waals surface area (Å²) < 4.78 is 13.7. The van der Waals surface area contributed by atoms with Gasteiger partial charge in [-0.1, -0.05) is 36.4 Å². The van der Waals surface area contributed by atoms with Crippen molar-refractivity contribution in [2.24, 2.45) is 0 Å². The van der Waals surface area contributed by atoms with E-state index in [9.17, 15) is 9.00 Å². The third-order valence-corrected chi connectivity index (χ3v) is 6.37. The molecule has 1 amide bonds. The standard InChI is InChI=1S/C19H21N3O2S3/c1-14-17(18(23)21-27(2)24)20-19(26-14)22(11-10-16-9-6-12-25-16)13-15-7-4-3-5-8-15/h3-9,12H,10-11,13H2,1-2H3,(H,21,23). The highest BCUT2D eigenvalue weighted by Gasteiger charge is 2.20. The predicted octanol–water partition coefficient (Wildman–Crippen LogP) is 3.79. The van der Waals surface area contributed by atoms with Crippen LogP contribution in [-0.2, 0) is 24.0 Å². The van der Waals surface area contributed by atoms with Crippen LogP contribution in [0.2, 0.25) is 0 Å². The van der Waals surface area contributed by atoms with Gasteiger partial charge < -0.3 is 4.90 Å². The Labute approximate surface area is 169 Å². The van der Waals surface area contributed by atoms with Crippen LogP contribution in [0.4, 0.5) is 5.13 Å². The molecule has 1 aromatic carbocycles. The zero-order chi connectivity index (χ0) is 19.2. The van der Waals surface area contributed by atoms with Crippen LogP contribution in [-0.4, -0.2) is 27.9 Å². The minimum absolute atomic E-state index is 0.347. The molecule has 8 heteroatoms. The first kappa shape index (κ1) is 19.7. The fraction of sp³-hybridized carbons (Fsp3) is 0.263. The van der Waals surface area contributed by atoms with Gasteiger partial charge in [-0.2, -0.15) is 0 Å². The first-order valence-electron chi connectivity index (χ1n) is 8.46. The van der Waals surface area contributed by atoms with Crippen molar-refractivity contribution in [2.75, 3.05) is 17.7 Å². The molecule has 0 aliphatic heterocycles. The van der Waals surface area contributed by atoms with Crippen LogP contribution in [0.15, 0.2) is 47.8 Å². The minimum Gasteiger partial charge on any atom is -0.343 e. The van der Waals surface area contributed by atoms with Crippen molar-refractivity contribution >= 4 is 44.7 Å². The second-order valence-corrected chi connectivity index (χ2v) is 9.35. The van der Waals surface area contributed by atoms with Crippen molar-refractivity contribution < 1.29 is 9.00 Å². The van der Waals surface area contributed by atoms with Crippen LogP contribution in [0.3, 0.4) is 0 Å². The lowest BCUT2D eigenvalue weighted by Gasteiger charge is -2.21. The molecule has 0 aliphatic carbocycles. The molecule has 0 radical (unpaired) electrons. The molecule has 2 aromatic heterocycles. The molecule has 2 heterocycles. The Kier molecular flexibility index (Phi) is 6.76. The maximum atomic E-state index is 12.2. The van der Waals surface area contributed by atoms with Crippen LogP contribution < -0.4 is 9.62 Å². The lowest BCUT2D eigenvalue weighted by atomic mass is 10.2. The number of anilines is 1. The largest absolute Gasteiger partial charge is 0.343 e. The molecule has 1 atom stereocenters. The van der Waals surface area contributed by atoms with Crippen LogP contribution >= 0.6 is 22.7 Å². The van der Waals surface area contributed by atoms with Crippen molar-refractivity contribution in [3.8, 4) is 0 Å². The molecule has 3 aromatic rings. The van der Waals surface area contributed by atoms with Crippen LogP contribution in [0, 0.1) is 6.92 Å². The highest BCUT2D eigenvalue weighted by atomic mass is 32.2. The molecule has 0 saturated carbocycles. The lowest BCUT2D eigenvalue weighted by Crippen LogP contribution is -2.27. The summed E-state index contributed by atoms with van der Waals surface area (Å²) in [6.45, 7) is 3.40. The lowest BCUT2D eigenvalue weighted by molar-refractivity contribution is 0.0978. The van der Waals surface area contributed by atoms with Gasteiger partial charge in [0.15, 0.2) is 5.13 Å². The Morgan fingerprint density at radius 2 is 2.00 bits per heavy atom. The number of hydrogen-bond donors (Lipinski definition) is 1. The van der Waals surface area contributed by atoms with E-state index >= 15 is 0 Å². The summed E-state index contributed by atoms with van der Waals surface area (Å²) in [5, 5.41) is 2.89. The van der Waals surface area contributed by atoms with Gasteiger partial charge in [-0.25, -0.2) is 9.19 Å². The first-order chi connectivity index (χ1) is 13.0. The number of hydrogen-bond acceptors (Lipinski definition) is 6. The quantitative estimate of drug-likeness (QED) is 0.603. The van der Waals surface area contributed by atoms with Gasteiger partial charge in [0, 0.05) is 29.1 Å². The van der Waals surface area contributed by atoms with E-state index in [2.05, 4.69) is 44.3 Å². The molecule has 0 saturated heterocycles. The molecular formula is C19H21N3O2S3. The maximum Gasteiger partial charge on any atom is 0.282 e. The average Bonchev–Trinajstić information content (AvgIpc) is 3.28. The second-order valence-electron chi connectivity index (χ2n) is 6.02. The topological polar surface area (TPSA) is 62.3 Å². The minimum atomic E-state index is -1.41. The van der Waals surface area contributed by atoms with Crippen molar-refractivity contribution in [3.05, 3.63) is 68.9 Å². The van der Waals surface area contributed by atoms with Crippen molar-refractivity contribution in [1.82, 2.24) is 9.71 Å². The van der Waals surface area contributed by atoms with E-state index in [4.69, 9.17) is 0 Å². The van der Waals surface area contributed by atoms with Gasteiger partial charge in [-0.15, -0.1) is 22.7 Å². The Balaban J connectivity index is 1.82. The highest BCUT2D eigenvalue weighted by molar-refractivity contribution is 7.82. The fourth-order valence-electron chi connectivity index (χ4n) is 2.65. The number of carbonyl (C=O) groups is 1. The summed E-state index contributed by atoms with van der Waals surface area (Å²) in [6.07, 6.45) is 2.35. The third kappa shape index (κ3) is 5.47. The van der Waals surface area contributed by atoms with Crippen LogP contribution in [0.25, 0.3) is 0 Å². The fourth-order valence-corrected chi connectivity index (χ4v) is 4.64. The monoisotopic (exact) mass is 419 g/mol. The van der Waals surface area contributed by atoms with E-state index in [1.54, 1.807) is 11.3 Å². The number of nitrogens with one attached hydrogen (secondary N) is 1. The number of thiophene rings is 1. The predicted molar refractivity (Wildman–Crippen MR) is 114 cm³/mol. The molecule has 0 aliphatic rings. The highest BCUT2D eigenvalue weighted by Crippen LogP contribution is 2.27. The van der Waals surface area contributed by atoms with Gasteiger partial charge in [-0.3, -0.25) is 9.52 Å². The zero-order valence-electron chi connectivity index (χ0n) is 15.2. The molecule has 3 rings (SSSR count).